The number of rotatable bonds is 5. The molecule has 1 heterocycles. The smallest absolute Gasteiger partial charge is 0.202 e. The fourth-order valence-corrected chi connectivity index (χ4v) is 3.10. The van der Waals surface area contributed by atoms with Gasteiger partial charge in [-0.15, -0.1) is 0 Å². The molecule has 0 amide bonds. The summed E-state index contributed by atoms with van der Waals surface area (Å²) in [6.07, 6.45) is 4.88. The molecule has 128 valence electrons. The van der Waals surface area contributed by atoms with Gasteiger partial charge in [-0.1, -0.05) is 12.8 Å². The van der Waals surface area contributed by atoms with Gasteiger partial charge in [0.05, 0.1) is 10.2 Å². The molecule has 0 saturated heterocycles. The van der Waals surface area contributed by atoms with Crippen molar-refractivity contribution < 1.29 is 14.2 Å². The summed E-state index contributed by atoms with van der Waals surface area (Å²) in [7, 11) is 0. The zero-order valence-corrected chi connectivity index (χ0v) is 14.4. The average molecular weight is 398 g/mol. The third kappa shape index (κ3) is 3.90. The molecule has 0 unspecified atom stereocenters. The van der Waals surface area contributed by atoms with E-state index in [1.165, 1.54) is 43.9 Å². The zero-order valence-electron chi connectivity index (χ0n) is 12.8. The summed E-state index contributed by atoms with van der Waals surface area (Å²) in [6, 6.07) is 4.25. The van der Waals surface area contributed by atoms with Crippen LogP contribution in [0, 0.1) is 11.7 Å². The van der Waals surface area contributed by atoms with Crippen LogP contribution in [-0.2, 0) is 0 Å². The number of halogens is 2. The van der Waals surface area contributed by atoms with Gasteiger partial charge in [0, 0.05) is 6.54 Å². The van der Waals surface area contributed by atoms with Crippen LogP contribution in [0.5, 0.6) is 0 Å². The molecule has 9 heteroatoms. The lowest BCUT2D eigenvalue weighted by Gasteiger charge is -2.10. The van der Waals surface area contributed by atoms with Crippen LogP contribution in [0.15, 0.2) is 32.3 Å². The number of nitrogens with one attached hydrogen (secondary N) is 2. The van der Waals surface area contributed by atoms with Crippen LogP contribution >= 0.6 is 15.9 Å². The first-order chi connectivity index (χ1) is 11.7. The van der Waals surface area contributed by atoms with Crippen molar-refractivity contribution in [3.8, 4) is 0 Å². The number of hydrogen-bond donors (Lipinski definition) is 3. The van der Waals surface area contributed by atoms with Crippen LogP contribution in [0.25, 0.3) is 0 Å². The Morgan fingerprint density at radius 1 is 1.38 bits per heavy atom. The van der Waals surface area contributed by atoms with Crippen molar-refractivity contribution in [3.05, 3.63) is 34.2 Å². The molecule has 1 aromatic carbocycles. The first-order valence-corrected chi connectivity index (χ1v) is 8.47. The number of aromatic nitrogens is 2. The quantitative estimate of drug-likeness (QED) is 0.405. The van der Waals surface area contributed by atoms with E-state index in [1.807, 2.05) is 5.48 Å². The van der Waals surface area contributed by atoms with Crippen molar-refractivity contribution >= 4 is 33.3 Å². The van der Waals surface area contributed by atoms with Crippen LogP contribution < -0.4 is 10.8 Å². The molecule has 1 fully saturated rings. The van der Waals surface area contributed by atoms with Gasteiger partial charge >= 0.3 is 0 Å². The predicted molar refractivity (Wildman–Crippen MR) is 90.0 cm³/mol. The van der Waals surface area contributed by atoms with Crippen LogP contribution in [0.3, 0.4) is 0 Å². The summed E-state index contributed by atoms with van der Waals surface area (Å²) < 4.78 is 18.3. The average Bonchev–Trinajstić information content (AvgIpc) is 3.25. The Balaban J connectivity index is 1.78. The molecule has 1 aliphatic carbocycles. The SMILES string of the molecule is ONC(=Nc1ccc(F)c(Br)c1)c1nonc1NCC1CCCC1. The molecule has 7 nitrogen and oxygen atoms in total. The summed E-state index contributed by atoms with van der Waals surface area (Å²) in [4.78, 5) is 4.22. The lowest BCUT2D eigenvalue weighted by atomic mass is 10.1. The Hall–Kier alpha value is -2.00. The topological polar surface area (TPSA) is 95.6 Å². The highest BCUT2D eigenvalue weighted by Gasteiger charge is 2.20. The number of hydrogen-bond acceptors (Lipinski definition) is 6. The summed E-state index contributed by atoms with van der Waals surface area (Å²) in [5.41, 5.74) is 2.69. The largest absolute Gasteiger partial charge is 0.365 e. The van der Waals surface area contributed by atoms with Crippen molar-refractivity contribution in [2.24, 2.45) is 10.9 Å². The highest BCUT2D eigenvalue weighted by Crippen LogP contribution is 2.26. The second kappa shape index (κ2) is 7.71. The molecule has 1 aromatic heterocycles. The van der Waals surface area contributed by atoms with Crippen molar-refractivity contribution in [2.75, 3.05) is 11.9 Å². The number of nitrogens with zero attached hydrogens (tertiary/aromatic N) is 3. The third-order valence-corrected chi connectivity index (χ3v) is 4.60. The molecule has 2 aromatic rings. The van der Waals surface area contributed by atoms with E-state index in [0.717, 1.165) is 6.54 Å². The Bertz CT molecular complexity index is 730. The van der Waals surface area contributed by atoms with E-state index in [4.69, 9.17) is 4.63 Å². The lowest BCUT2D eigenvalue weighted by molar-refractivity contribution is 0.234. The molecule has 3 rings (SSSR count). The minimum absolute atomic E-state index is 0.0590. The third-order valence-electron chi connectivity index (χ3n) is 4.00. The molecule has 1 saturated carbocycles. The van der Waals surface area contributed by atoms with Gasteiger partial charge in [-0.25, -0.2) is 14.0 Å². The molecule has 3 N–H and O–H groups in total. The van der Waals surface area contributed by atoms with E-state index < -0.39 is 5.82 Å². The fourth-order valence-electron chi connectivity index (χ4n) is 2.73. The highest BCUT2D eigenvalue weighted by atomic mass is 79.9. The van der Waals surface area contributed by atoms with E-state index in [9.17, 15) is 9.60 Å². The minimum Gasteiger partial charge on any atom is -0.365 e. The van der Waals surface area contributed by atoms with Crippen molar-refractivity contribution in [3.63, 3.8) is 0 Å². The van der Waals surface area contributed by atoms with Gasteiger partial charge in [-0.05, 0) is 63.2 Å². The Morgan fingerprint density at radius 3 is 2.88 bits per heavy atom. The highest BCUT2D eigenvalue weighted by molar-refractivity contribution is 9.10. The molecule has 1 aliphatic rings. The summed E-state index contributed by atoms with van der Waals surface area (Å²) in [6.45, 7) is 0.766. The number of aliphatic imine (C=N–C) groups is 1. The number of amidine groups is 1. The van der Waals surface area contributed by atoms with Crippen LogP contribution in [0.1, 0.15) is 31.4 Å². The Labute approximate surface area is 146 Å². The monoisotopic (exact) mass is 397 g/mol. The maximum atomic E-state index is 13.3. The van der Waals surface area contributed by atoms with E-state index >= 15 is 0 Å². The number of benzene rings is 1. The molecular formula is C15H17BrFN5O2. The fraction of sp³-hybridized carbons (Fsp3) is 0.400. The van der Waals surface area contributed by atoms with Crippen molar-refractivity contribution in [1.82, 2.24) is 15.8 Å². The summed E-state index contributed by atoms with van der Waals surface area (Å²) in [5, 5.41) is 20.2. The van der Waals surface area contributed by atoms with Crippen molar-refractivity contribution in [1.29, 1.82) is 0 Å². The maximum Gasteiger partial charge on any atom is 0.202 e. The number of hydroxylamine groups is 1. The van der Waals surface area contributed by atoms with E-state index in [1.54, 1.807) is 0 Å². The lowest BCUT2D eigenvalue weighted by Crippen LogP contribution is -2.23. The molecule has 0 aliphatic heterocycles. The molecular weight excluding hydrogens is 381 g/mol. The maximum absolute atomic E-state index is 13.3. The number of anilines is 1. The van der Waals surface area contributed by atoms with Gasteiger partial charge in [-0.3, -0.25) is 10.7 Å². The molecule has 24 heavy (non-hydrogen) atoms. The molecule has 0 spiro atoms. The summed E-state index contributed by atoms with van der Waals surface area (Å²) in [5.74, 6) is 0.673. The van der Waals surface area contributed by atoms with E-state index in [2.05, 4.69) is 36.6 Å². The predicted octanol–water partition coefficient (Wildman–Crippen LogP) is 3.63. The van der Waals surface area contributed by atoms with Crippen molar-refractivity contribution in [2.45, 2.75) is 25.7 Å². The second-order valence-electron chi connectivity index (χ2n) is 5.66. The van der Waals surface area contributed by atoms with Gasteiger partial charge in [0.2, 0.25) is 5.82 Å². The van der Waals surface area contributed by atoms with E-state index in [0.29, 0.717) is 17.4 Å². The van der Waals surface area contributed by atoms with Gasteiger partial charge in [-0.2, -0.15) is 0 Å². The Kier molecular flexibility index (Phi) is 5.41. The standard InChI is InChI=1S/C15H17BrFN5O2/c16-11-7-10(5-6-12(11)17)19-15(20-23)13-14(22-24-21-13)18-8-9-3-1-2-4-9/h5-7,9,23H,1-4,8H2,(H,18,22)(H,19,20). The normalized spacial score (nSPS) is 15.7. The van der Waals surface area contributed by atoms with Crippen LogP contribution in [0.4, 0.5) is 15.9 Å². The second-order valence-corrected chi connectivity index (χ2v) is 6.52. The van der Waals surface area contributed by atoms with Gasteiger partial charge in [0.25, 0.3) is 0 Å². The van der Waals surface area contributed by atoms with Gasteiger partial charge in [0.15, 0.2) is 11.5 Å². The first-order valence-electron chi connectivity index (χ1n) is 7.68. The Morgan fingerprint density at radius 2 is 2.17 bits per heavy atom. The molecule has 0 bridgehead atoms. The van der Waals surface area contributed by atoms with Gasteiger partial charge in [0.1, 0.15) is 5.82 Å². The van der Waals surface area contributed by atoms with Crippen LogP contribution in [-0.4, -0.2) is 27.9 Å². The molecule has 0 atom stereocenters. The van der Waals surface area contributed by atoms with Crippen LogP contribution in [0.2, 0.25) is 0 Å². The molecule has 0 radical (unpaired) electrons. The van der Waals surface area contributed by atoms with E-state index in [-0.39, 0.29) is 16.0 Å². The zero-order chi connectivity index (χ0) is 16.9. The first kappa shape index (κ1) is 16.8. The minimum atomic E-state index is -0.394. The summed E-state index contributed by atoms with van der Waals surface area (Å²) >= 11 is 3.10. The van der Waals surface area contributed by atoms with Gasteiger partial charge < -0.3 is 5.32 Å².